The predicted molar refractivity (Wildman–Crippen MR) is 83.9 cm³/mol. The molecule has 0 radical (unpaired) electrons. The van der Waals surface area contributed by atoms with Crippen molar-refractivity contribution >= 4 is 23.4 Å². The van der Waals surface area contributed by atoms with Crippen LogP contribution in [0.25, 0.3) is 0 Å². The maximum Gasteiger partial charge on any atom is 0.409 e. The first kappa shape index (κ1) is 17.0. The lowest BCUT2D eigenvalue weighted by molar-refractivity contribution is 0.0918. The molecule has 0 saturated carbocycles. The zero-order chi connectivity index (χ0) is 15.0. The molecule has 1 N–H and O–H groups in total. The molecule has 1 aliphatic rings. The van der Waals surface area contributed by atoms with Gasteiger partial charge in [-0.3, -0.25) is 0 Å². The van der Waals surface area contributed by atoms with Crippen LogP contribution >= 0.6 is 12.2 Å². The Labute approximate surface area is 127 Å². The number of amides is 1. The van der Waals surface area contributed by atoms with E-state index in [1.807, 2.05) is 6.92 Å². The first-order valence-corrected chi connectivity index (χ1v) is 7.54. The van der Waals surface area contributed by atoms with Crippen LogP contribution in [0.4, 0.5) is 4.79 Å². The van der Waals surface area contributed by atoms with Gasteiger partial charge in [0.15, 0.2) is 5.11 Å². The third-order valence-corrected chi connectivity index (χ3v) is 3.55. The van der Waals surface area contributed by atoms with Crippen LogP contribution in [0.5, 0.6) is 0 Å². The number of hydrogen-bond donors (Lipinski definition) is 1. The number of piperazine rings is 1. The summed E-state index contributed by atoms with van der Waals surface area (Å²) in [5.41, 5.74) is 0. The third kappa shape index (κ3) is 5.92. The van der Waals surface area contributed by atoms with Gasteiger partial charge in [-0.15, -0.1) is 0 Å². The maximum absolute atomic E-state index is 11.6. The van der Waals surface area contributed by atoms with Gasteiger partial charge in [0.05, 0.1) is 6.61 Å². The molecule has 1 rings (SSSR count). The second-order valence-corrected chi connectivity index (χ2v) is 5.45. The van der Waals surface area contributed by atoms with E-state index in [1.165, 1.54) is 0 Å². The molecule has 1 fully saturated rings. The third-order valence-electron chi connectivity index (χ3n) is 3.15. The summed E-state index contributed by atoms with van der Waals surface area (Å²) in [7, 11) is 4.12. The Morgan fingerprint density at radius 2 is 1.85 bits per heavy atom. The Hall–Kier alpha value is -1.08. The highest BCUT2D eigenvalue weighted by Crippen LogP contribution is 2.04. The molecular weight excluding hydrogens is 276 g/mol. The first-order chi connectivity index (χ1) is 9.54. The van der Waals surface area contributed by atoms with Crippen molar-refractivity contribution in [1.29, 1.82) is 0 Å². The molecule has 1 heterocycles. The van der Waals surface area contributed by atoms with Crippen molar-refractivity contribution < 1.29 is 9.53 Å². The molecule has 6 nitrogen and oxygen atoms in total. The lowest BCUT2D eigenvalue weighted by atomic mass is 10.3. The maximum atomic E-state index is 11.6. The molecule has 0 aromatic heterocycles. The molecule has 0 aromatic rings. The molecule has 7 heteroatoms. The average Bonchev–Trinajstić information content (AvgIpc) is 2.43. The average molecular weight is 302 g/mol. The fourth-order valence-electron chi connectivity index (χ4n) is 2.01. The summed E-state index contributed by atoms with van der Waals surface area (Å²) < 4.78 is 4.99. The minimum Gasteiger partial charge on any atom is -0.450 e. The van der Waals surface area contributed by atoms with Crippen molar-refractivity contribution in [1.82, 2.24) is 20.0 Å². The number of ether oxygens (including phenoxy) is 1. The van der Waals surface area contributed by atoms with Gasteiger partial charge in [0.1, 0.15) is 0 Å². The van der Waals surface area contributed by atoms with Crippen LogP contribution in [0.1, 0.15) is 13.3 Å². The van der Waals surface area contributed by atoms with Gasteiger partial charge in [0.25, 0.3) is 0 Å². The van der Waals surface area contributed by atoms with Crippen molar-refractivity contribution in [3.63, 3.8) is 0 Å². The Kier molecular flexibility index (Phi) is 7.61. The van der Waals surface area contributed by atoms with Gasteiger partial charge in [-0.2, -0.15) is 0 Å². The Bertz CT molecular complexity index is 317. The van der Waals surface area contributed by atoms with E-state index in [0.29, 0.717) is 19.7 Å². The predicted octanol–water partition coefficient (Wildman–Crippen LogP) is 0.587. The highest BCUT2D eigenvalue weighted by atomic mass is 32.1. The first-order valence-electron chi connectivity index (χ1n) is 7.13. The standard InChI is InChI=1S/C13H26N4O2S/c1-4-19-13(18)17-10-8-16(9-11-17)12(20)14-6-5-7-15(2)3/h4-11H2,1-3H3,(H,14,20). The molecule has 0 spiro atoms. The van der Waals surface area contributed by atoms with Gasteiger partial charge in [-0.05, 0) is 46.2 Å². The molecule has 1 saturated heterocycles. The van der Waals surface area contributed by atoms with Gasteiger partial charge >= 0.3 is 6.09 Å². The summed E-state index contributed by atoms with van der Waals surface area (Å²) in [6.07, 6.45) is 0.840. The molecule has 0 bridgehead atoms. The van der Waals surface area contributed by atoms with Crippen LogP contribution in [0.15, 0.2) is 0 Å². The number of hydrogen-bond acceptors (Lipinski definition) is 4. The molecular formula is C13H26N4O2S. The minimum absolute atomic E-state index is 0.225. The van der Waals surface area contributed by atoms with Gasteiger partial charge < -0.3 is 24.8 Å². The summed E-state index contributed by atoms with van der Waals surface area (Å²) in [5, 5.41) is 4.06. The van der Waals surface area contributed by atoms with E-state index in [-0.39, 0.29) is 6.09 Å². The lowest BCUT2D eigenvalue weighted by Crippen LogP contribution is -2.53. The van der Waals surface area contributed by atoms with E-state index < -0.39 is 0 Å². The molecule has 20 heavy (non-hydrogen) atoms. The van der Waals surface area contributed by atoms with Crippen molar-refractivity contribution in [3.8, 4) is 0 Å². The quantitative estimate of drug-likeness (QED) is 0.592. The smallest absolute Gasteiger partial charge is 0.409 e. The summed E-state index contributed by atoms with van der Waals surface area (Å²) in [6, 6.07) is 0. The van der Waals surface area contributed by atoms with E-state index in [0.717, 1.165) is 37.7 Å². The Balaban J connectivity index is 2.20. The monoisotopic (exact) mass is 302 g/mol. The topological polar surface area (TPSA) is 48.1 Å². The highest BCUT2D eigenvalue weighted by Gasteiger charge is 2.22. The minimum atomic E-state index is -0.225. The lowest BCUT2D eigenvalue weighted by Gasteiger charge is -2.35. The van der Waals surface area contributed by atoms with Crippen LogP contribution in [0, 0.1) is 0 Å². The van der Waals surface area contributed by atoms with E-state index in [2.05, 4.69) is 29.2 Å². The van der Waals surface area contributed by atoms with E-state index in [4.69, 9.17) is 17.0 Å². The SMILES string of the molecule is CCOC(=O)N1CCN(C(=S)NCCCN(C)C)CC1. The molecule has 0 aromatic carbocycles. The Morgan fingerprint density at radius 3 is 2.40 bits per heavy atom. The summed E-state index contributed by atoms with van der Waals surface area (Å²) in [6.45, 7) is 7.03. The number of rotatable bonds is 5. The molecule has 0 aliphatic carbocycles. The summed E-state index contributed by atoms with van der Waals surface area (Å²) in [4.78, 5) is 17.6. The van der Waals surface area contributed by atoms with Gasteiger partial charge in [0, 0.05) is 32.7 Å². The molecule has 0 atom stereocenters. The van der Waals surface area contributed by atoms with E-state index in [1.54, 1.807) is 4.90 Å². The molecule has 0 unspecified atom stereocenters. The summed E-state index contributed by atoms with van der Waals surface area (Å²) >= 11 is 5.38. The molecule has 116 valence electrons. The number of thiocarbonyl (C=S) groups is 1. The molecule has 1 aliphatic heterocycles. The van der Waals surface area contributed by atoms with Crippen molar-refractivity contribution in [2.75, 3.05) is 60.0 Å². The van der Waals surface area contributed by atoms with Crippen LogP contribution in [-0.2, 0) is 4.74 Å². The van der Waals surface area contributed by atoms with Crippen LogP contribution in [0.3, 0.4) is 0 Å². The normalized spacial score (nSPS) is 15.4. The zero-order valence-corrected chi connectivity index (χ0v) is 13.5. The van der Waals surface area contributed by atoms with E-state index >= 15 is 0 Å². The van der Waals surface area contributed by atoms with Crippen molar-refractivity contribution in [2.45, 2.75) is 13.3 Å². The highest BCUT2D eigenvalue weighted by molar-refractivity contribution is 7.80. The van der Waals surface area contributed by atoms with Crippen molar-refractivity contribution in [3.05, 3.63) is 0 Å². The number of nitrogens with zero attached hydrogens (tertiary/aromatic N) is 3. The fourth-order valence-corrected chi connectivity index (χ4v) is 2.29. The largest absolute Gasteiger partial charge is 0.450 e. The summed E-state index contributed by atoms with van der Waals surface area (Å²) in [5.74, 6) is 0. The van der Waals surface area contributed by atoms with Crippen molar-refractivity contribution in [2.24, 2.45) is 0 Å². The fraction of sp³-hybridized carbons (Fsp3) is 0.846. The number of carbonyl (C=O) groups is 1. The second-order valence-electron chi connectivity index (χ2n) is 5.06. The van der Waals surface area contributed by atoms with Gasteiger partial charge in [-0.1, -0.05) is 0 Å². The van der Waals surface area contributed by atoms with Gasteiger partial charge in [-0.25, -0.2) is 4.79 Å². The number of nitrogens with one attached hydrogen (secondary N) is 1. The second kappa shape index (κ2) is 8.97. The zero-order valence-electron chi connectivity index (χ0n) is 12.7. The van der Waals surface area contributed by atoms with Crippen LogP contribution in [0.2, 0.25) is 0 Å². The van der Waals surface area contributed by atoms with Gasteiger partial charge in [0.2, 0.25) is 0 Å². The van der Waals surface area contributed by atoms with Crippen LogP contribution < -0.4 is 5.32 Å². The van der Waals surface area contributed by atoms with Crippen LogP contribution in [-0.4, -0.2) is 85.9 Å². The molecule has 1 amide bonds. The number of carbonyl (C=O) groups excluding carboxylic acids is 1. The Morgan fingerprint density at radius 1 is 1.25 bits per heavy atom. The van der Waals surface area contributed by atoms with E-state index in [9.17, 15) is 4.79 Å².